The number of nitrogens with one attached hydrogen (secondary N) is 1. The fraction of sp³-hybridized carbons (Fsp3) is 0.545. The monoisotopic (exact) mass is 399 g/mol. The number of nitrogens with zero attached hydrogens (tertiary/aromatic N) is 4. The Morgan fingerprint density at radius 3 is 2.76 bits per heavy atom. The third kappa shape index (κ3) is 3.94. The van der Waals surface area contributed by atoms with Crippen molar-refractivity contribution in [2.24, 2.45) is 7.05 Å². The molecule has 1 saturated carbocycles. The summed E-state index contributed by atoms with van der Waals surface area (Å²) in [6.45, 7) is 3.92. The number of alkyl halides is 1. The molecular formula is C22H30FN5O. The van der Waals surface area contributed by atoms with Crippen molar-refractivity contribution >= 4 is 11.0 Å². The van der Waals surface area contributed by atoms with Gasteiger partial charge in [-0.25, -0.2) is 9.37 Å². The predicted molar refractivity (Wildman–Crippen MR) is 112 cm³/mol. The first-order chi connectivity index (χ1) is 14.0. The van der Waals surface area contributed by atoms with Gasteiger partial charge in [0.2, 0.25) is 0 Å². The highest BCUT2D eigenvalue weighted by molar-refractivity contribution is 5.93. The van der Waals surface area contributed by atoms with Gasteiger partial charge >= 0.3 is 0 Å². The maximum absolute atomic E-state index is 16.0. The van der Waals surface area contributed by atoms with E-state index in [1.807, 2.05) is 31.7 Å². The van der Waals surface area contributed by atoms with E-state index in [1.165, 1.54) is 0 Å². The maximum atomic E-state index is 16.0. The molecule has 0 saturated heterocycles. The van der Waals surface area contributed by atoms with Crippen molar-refractivity contribution in [1.29, 1.82) is 0 Å². The lowest BCUT2D eigenvalue weighted by Gasteiger charge is -2.39. The van der Waals surface area contributed by atoms with Crippen molar-refractivity contribution in [1.82, 2.24) is 24.6 Å². The number of aromatic nitrogens is 4. The molecule has 0 aliphatic heterocycles. The largest absolute Gasteiger partial charge is 0.395 e. The first kappa shape index (κ1) is 20.0. The Morgan fingerprint density at radius 1 is 1.31 bits per heavy atom. The van der Waals surface area contributed by atoms with E-state index in [4.69, 9.17) is 0 Å². The van der Waals surface area contributed by atoms with Gasteiger partial charge in [-0.15, -0.1) is 0 Å². The van der Waals surface area contributed by atoms with Gasteiger partial charge in [0, 0.05) is 60.3 Å². The molecule has 156 valence electrons. The Labute approximate surface area is 170 Å². The zero-order chi connectivity index (χ0) is 20.4. The van der Waals surface area contributed by atoms with Crippen LogP contribution in [-0.2, 0) is 12.7 Å². The molecule has 1 aliphatic rings. The summed E-state index contributed by atoms with van der Waals surface area (Å²) in [4.78, 5) is 10.0. The van der Waals surface area contributed by atoms with Crippen LogP contribution in [-0.4, -0.2) is 55.5 Å². The van der Waals surface area contributed by atoms with Gasteiger partial charge in [0.15, 0.2) is 0 Å². The van der Waals surface area contributed by atoms with Crippen molar-refractivity contribution in [3.63, 3.8) is 0 Å². The molecule has 29 heavy (non-hydrogen) atoms. The molecule has 1 fully saturated rings. The Morgan fingerprint density at radius 2 is 2.10 bits per heavy atom. The number of halogens is 1. The molecule has 7 heteroatoms. The molecule has 6 nitrogen and oxygen atoms in total. The van der Waals surface area contributed by atoms with Crippen LogP contribution in [0, 0.1) is 0 Å². The number of pyridine rings is 1. The molecule has 0 radical (unpaired) electrons. The summed E-state index contributed by atoms with van der Waals surface area (Å²) < 4.78 is 17.7. The molecule has 2 N–H and O–H groups in total. The average Bonchev–Trinajstić information content (AvgIpc) is 3.34. The summed E-state index contributed by atoms with van der Waals surface area (Å²) in [6, 6.07) is 2.31. The van der Waals surface area contributed by atoms with Crippen molar-refractivity contribution in [2.45, 2.75) is 50.7 Å². The Bertz CT molecular complexity index is 951. The van der Waals surface area contributed by atoms with E-state index < -0.39 is 5.67 Å². The molecule has 0 aromatic carbocycles. The SMILES string of the molecule is CCCN(CCO)C1CCC(F)(c2cnc3[nH]cc(-c4cnn(C)c4)c3c2)CC1. The van der Waals surface area contributed by atoms with Crippen molar-refractivity contribution < 1.29 is 9.50 Å². The Hall–Kier alpha value is -2.25. The third-order valence-electron chi connectivity index (χ3n) is 6.23. The summed E-state index contributed by atoms with van der Waals surface area (Å²) in [5.41, 5.74) is 2.07. The molecule has 0 bridgehead atoms. The Kier molecular flexibility index (Phi) is 5.69. The maximum Gasteiger partial charge on any atom is 0.137 e. The minimum atomic E-state index is -1.35. The highest BCUT2D eigenvalue weighted by atomic mass is 19.1. The van der Waals surface area contributed by atoms with E-state index in [0.717, 1.165) is 48.0 Å². The van der Waals surface area contributed by atoms with E-state index in [1.54, 1.807) is 10.9 Å². The fourth-order valence-electron chi connectivity index (χ4n) is 4.65. The number of aliphatic hydroxyl groups is 1. The number of aromatic amines is 1. The molecule has 1 aliphatic carbocycles. The quantitative estimate of drug-likeness (QED) is 0.634. The summed E-state index contributed by atoms with van der Waals surface area (Å²) >= 11 is 0. The number of H-pyrrole nitrogens is 1. The molecule has 3 aromatic heterocycles. The second-order valence-electron chi connectivity index (χ2n) is 8.18. The van der Waals surface area contributed by atoms with Crippen molar-refractivity contribution in [3.8, 4) is 11.1 Å². The minimum Gasteiger partial charge on any atom is -0.395 e. The number of hydrogen-bond donors (Lipinski definition) is 2. The van der Waals surface area contributed by atoms with Gasteiger partial charge in [-0.1, -0.05) is 6.92 Å². The lowest BCUT2D eigenvalue weighted by Crippen LogP contribution is -2.42. The lowest BCUT2D eigenvalue weighted by molar-refractivity contribution is 0.0438. The molecule has 4 rings (SSSR count). The lowest BCUT2D eigenvalue weighted by atomic mass is 9.79. The topological polar surface area (TPSA) is 70.0 Å². The summed E-state index contributed by atoms with van der Waals surface area (Å²) in [7, 11) is 1.88. The van der Waals surface area contributed by atoms with E-state index in [-0.39, 0.29) is 6.61 Å². The summed E-state index contributed by atoms with van der Waals surface area (Å²) in [5, 5.41) is 14.5. The number of aliphatic hydroxyl groups excluding tert-OH is 1. The van der Waals surface area contributed by atoms with Crippen LogP contribution in [0.15, 0.2) is 30.9 Å². The normalized spacial score (nSPS) is 22.6. The second-order valence-corrected chi connectivity index (χ2v) is 8.18. The molecule has 0 spiro atoms. The van der Waals surface area contributed by atoms with Crippen molar-refractivity contribution in [3.05, 3.63) is 36.4 Å². The number of hydrogen-bond acceptors (Lipinski definition) is 4. The first-order valence-electron chi connectivity index (χ1n) is 10.5. The van der Waals surface area contributed by atoms with E-state index in [0.29, 0.717) is 31.0 Å². The van der Waals surface area contributed by atoms with Crippen LogP contribution in [0.1, 0.15) is 44.6 Å². The number of aryl methyl sites for hydroxylation is 1. The first-order valence-corrected chi connectivity index (χ1v) is 10.5. The summed E-state index contributed by atoms with van der Waals surface area (Å²) in [5.74, 6) is 0. The highest BCUT2D eigenvalue weighted by Gasteiger charge is 2.39. The molecule has 0 atom stereocenters. The second kappa shape index (κ2) is 8.24. The number of fused-ring (bicyclic) bond motifs is 1. The van der Waals surface area contributed by atoms with Gasteiger partial charge in [0.1, 0.15) is 11.3 Å². The van der Waals surface area contributed by atoms with Crippen LogP contribution in [0.25, 0.3) is 22.2 Å². The standard InChI is InChI=1S/C22H30FN5O/c1-3-8-28(9-10-29)18-4-6-22(23,7-5-18)17-11-19-20(14-25-21(19)24-13-17)16-12-26-27(2)15-16/h11-15,18,29H,3-10H2,1-2H3,(H,24,25). The van der Waals surface area contributed by atoms with Gasteiger partial charge in [-0.3, -0.25) is 9.58 Å². The van der Waals surface area contributed by atoms with Crippen LogP contribution in [0.5, 0.6) is 0 Å². The fourth-order valence-corrected chi connectivity index (χ4v) is 4.65. The van der Waals surface area contributed by atoms with E-state index >= 15 is 4.39 Å². The smallest absolute Gasteiger partial charge is 0.137 e. The molecule has 3 heterocycles. The predicted octanol–water partition coefficient (Wildman–Crippen LogP) is 3.78. The zero-order valence-corrected chi connectivity index (χ0v) is 17.2. The van der Waals surface area contributed by atoms with Gasteiger partial charge < -0.3 is 10.1 Å². The van der Waals surface area contributed by atoms with E-state index in [2.05, 4.69) is 26.9 Å². The Balaban J connectivity index is 1.57. The van der Waals surface area contributed by atoms with Crippen LogP contribution < -0.4 is 0 Å². The number of rotatable bonds is 7. The zero-order valence-electron chi connectivity index (χ0n) is 17.2. The molecular weight excluding hydrogens is 369 g/mol. The van der Waals surface area contributed by atoms with Gasteiger partial charge in [-0.05, 0) is 44.7 Å². The average molecular weight is 400 g/mol. The van der Waals surface area contributed by atoms with Crippen LogP contribution in [0.4, 0.5) is 4.39 Å². The third-order valence-corrected chi connectivity index (χ3v) is 6.23. The van der Waals surface area contributed by atoms with Gasteiger partial charge in [-0.2, -0.15) is 5.10 Å². The molecule has 0 amide bonds. The van der Waals surface area contributed by atoms with Gasteiger partial charge in [0.25, 0.3) is 0 Å². The molecule has 3 aromatic rings. The highest BCUT2D eigenvalue weighted by Crippen LogP contribution is 2.43. The van der Waals surface area contributed by atoms with Crippen LogP contribution in [0.2, 0.25) is 0 Å². The van der Waals surface area contributed by atoms with E-state index in [9.17, 15) is 5.11 Å². The van der Waals surface area contributed by atoms with Crippen molar-refractivity contribution in [2.75, 3.05) is 19.7 Å². The summed E-state index contributed by atoms with van der Waals surface area (Å²) in [6.07, 6.45) is 11.0. The molecule has 0 unspecified atom stereocenters. The van der Waals surface area contributed by atoms with Crippen LogP contribution in [0.3, 0.4) is 0 Å². The van der Waals surface area contributed by atoms with Gasteiger partial charge in [0.05, 0.1) is 12.8 Å². The minimum absolute atomic E-state index is 0.155. The van der Waals surface area contributed by atoms with Crippen LogP contribution >= 0.6 is 0 Å².